The molecular weight excluding hydrogens is 283 g/mol. The van der Waals surface area contributed by atoms with E-state index in [-0.39, 0.29) is 6.10 Å². The maximum absolute atomic E-state index is 5.83. The molecule has 1 atom stereocenters. The van der Waals surface area contributed by atoms with Crippen molar-refractivity contribution >= 4 is 22.2 Å². The topological polar surface area (TPSA) is 22.4 Å². The Morgan fingerprint density at radius 2 is 2.00 bits per heavy atom. The van der Waals surface area contributed by atoms with Crippen LogP contribution in [0.1, 0.15) is 25.7 Å². The zero-order valence-electron chi connectivity index (χ0n) is 9.76. The van der Waals surface area contributed by atoms with E-state index in [4.69, 9.17) is 9.15 Å². The van der Waals surface area contributed by atoms with Crippen molar-refractivity contribution in [2.75, 3.05) is 6.61 Å². The van der Waals surface area contributed by atoms with E-state index in [0.29, 0.717) is 0 Å². The van der Waals surface area contributed by atoms with E-state index in [1.165, 1.54) is 3.78 Å². The average molecular weight is 303 g/mol. The molecule has 0 N–H and O–H groups in total. The normalized spacial score (nSPS) is 14.4. The quantitative estimate of drug-likeness (QED) is 0.798. The van der Waals surface area contributed by atoms with Crippen LogP contribution in [0, 0.1) is 0 Å². The van der Waals surface area contributed by atoms with E-state index < -0.39 is 18.4 Å². The fourth-order valence-corrected chi connectivity index (χ4v) is 4.18. The number of ether oxygens (including phenoxy) is 1. The van der Waals surface area contributed by atoms with Crippen molar-refractivity contribution < 1.29 is 9.15 Å². The molecule has 0 aliphatic carbocycles. The monoisotopic (exact) mass is 304 g/mol. The van der Waals surface area contributed by atoms with Gasteiger partial charge in [-0.25, -0.2) is 0 Å². The molecule has 1 heterocycles. The van der Waals surface area contributed by atoms with Crippen LogP contribution in [0.2, 0.25) is 14.8 Å². The molecule has 2 nitrogen and oxygen atoms in total. The molecule has 1 aromatic rings. The van der Waals surface area contributed by atoms with E-state index in [9.17, 15) is 0 Å². The predicted molar refractivity (Wildman–Crippen MR) is 61.7 cm³/mol. The van der Waals surface area contributed by atoms with Gasteiger partial charge in [0.1, 0.15) is 0 Å². The van der Waals surface area contributed by atoms with Gasteiger partial charge in [-0.15, -0.1) is 0 Å². The van der Waals surface area contributed by atoms with Gasteiger partial charge in [0, 0.05) is 0 Å². The zero-order chi connectivity index (χ0) is 10.8. The molecule has 0 saturated carbocycles. The van der Waals surface area contributed by atoms with Gasteiger partial charge < -0.3 is 0 Å². The number of rotatable bonds is 4. The molecule has 1 rings (SSSR count). The van der Waals surface area contributed by atoms with Crippen molar-refractivity contribution in [1.82, 2.24) is 0 Å². The first-order valence-electron chi connectivity index (χ1n) is 5.17. The first-order valence-corrected chi connectivity index (χ1v) is 15.2. The second-order valence-corrected chi connectivity index (χ2v) is 18.8. The van der Waals surface area contributed by atoms with E-state index >= 15 is 0 Å². The summed E-state index contributed by atoms with van der Waals surface area (Å²) < 4.78 is 12.5. The van der Waals surface area contributed by atoms with Crippen LogP contribution < -0.4 is 3.78 Å². The predicted octanol–water partition coefficient (Wildman–Crippen LogP) is 2.92. The summed E-state index contributed by atoms with van der Waals surface area (Å²) in [6, 6.07) is 4.18. The molecule has 0 spiro atoms. The molecule has 14 heavy (non-hydrogen) atoms. The summed E-state index contributed by atoms with van der Waals surface area (Å²) in [4.78, 5) is 7.05. The Morgan fingerprint density at radius 3 is 2.43 bits per heavy atom. The third-order valence-electron chi connectivity index (χ3n) is 2.18. The Labute approximate surface area is 90.5 Å². The van der Waals surface area contributed by atoms with Gasteiger partial charge in [-0.1, -0.05) is 0 Å². The third-order valence-corrected chi connectivity index (χ3v) is 7.17. The molecule has 1 unspecified atom stereocenters. The summed E-state index contributed by atoms with van der Waals surface area (Å²) >= 11 is -2.01. The molecule has 0 radical (unpaired) electrons. The molecular formula is C11H20O2Sn. The maximum atomic E-state index is 5.83. The van der Waals surface area contributed by atoms with Gasteiger partial charge in [0.15, 0.2) is 0 Å². The van der Waals surface area contributed by atoms with Crippen molar-refractivity contribution in [2.24, 2.45) is 0 Å². The second kappa shape index (κ2) is 4.71. The molecule has 0 amide bonds. The Hall–Kier alpha value is 0.0387. The molecule has 0 aliphatic heterocycles. The minimum absolute atomic E-state index is 0.0855. The Morgan fingerprint density at radius 1 is 1.36 bits per heavy atom. The number of hydrogen-bond donors (Lipinski definition) is 0. The van der Waals surface area contributed by atoms with Crippen LogP contribution in [0.3, 0.4) is 0 Å². The molecule has 0 saturated heterocycles. The average Bonchev–Trinajstić information content (AvgIpc) is 2.51. The van der Waals surface area contributed by atoms with Crippen LogP contribution in [0.15, 0.2) is 16.5 Å². The fourth-order valence-electron chi connectivity index (χ4n) is 1.31. The van der Waals surface area contributed by atoms with Crippen LogP contribution in [-0.4, -0.2) is 25.0 Å². The third kappa shape index (κ3) is 3.02. The van der Waals surface area contributed by atoms with Gasteiger partial charge >= 0.3 is 90.6 Å². The molecule has 3 heteroatoms. The minimum atomic E-state index is -2.01. The van der Waals surface area contributed by atoms with Gasteiger partial charge in [0.25, 0.3) is 0 Å². The Kier molecular flexibility index (Phi) is 4.07. The second-order valence-electron chi connectivity index (χ2n) is 4.55. The van der Waals surface area contributed by atoms with Crippen LogP contribution >= 0.6 is 0 Å². The van der Waals surface area contributed by atoms with Gasteiger partial charge in [0.05, 0.1) is 0 Å². The van der Waals surface area contributed by atoms with Gasteiger partial charge in [-0.3, -0.25) is 0 Å². The van der Waals surface area contributed by atoms with Gasteiger partial charge in [-0.2, -0.15) is 0 Å². The first-order chi connectivity index (χ1) is 6.45. The van der Waals surface area contributed by atoms with Crippen molar-refractivity contribution in [3.63, 3.8) is 0 Å². The molecule has 1 aromatic heterocycles. The van der Waals surface area contributed by atoms with Crippen molar-refractivity contribution in [1.29, 1.82) is 0 Å². The zero-order valence-corrected chi connectivity index (χ0v) is 12.6. The van der Waals surface area contributed by atoms with E-state index in [1.807, 2.05) is 13.8 Å². The molecule has 0 aliphatic rings. The number of hydrogen-bond acceptors (Lipinski definition) is 2. The first kappa shape index (κ1) is 12.1. The van der Waals surface area contributed by atoms with Crippen LogP contribution in [0.4, 0.5) is 0 Å². The van der Waals surface area contributed by atoms with E-state index in [0.717, 1.165) is 12.4 Å². The fraction of sp³-hybridized carbons (Fsp3) is 0.636. The van der Waals surface area contributed by atoms with Crippen molar-refractivity contribution in [2.45, 2.75) is 34.8 Å². The summed E-state index contributed by atoms with van der Waals surface area (Å²) in [5, 5.41) is 0. The molecule has 0 fully saturated rings. The van der Waals surface area contributed by atoms with Crippen molar-refractivity contribution in [3.8, 4) is 0 Å². The summed E-state index contributed by atoms with van der Waals surface area (Å²) in [6.45, 7) is 4.77. The molecule has 0 aromatic carbocycles. The van der Waals surface area contributed by atoms with Crippen LogP contribution in [0.25, 0.3) is 0 Å². The summed E-state index contributed by atoms with van der Waals surface area (Å²) in [7, 11) is 0. The summed E-state index contributed by atoms with van der Waals surface area (Å²) in [6.07, 6.45) is 0.0855. The van der Waals surface area contributed by atoms with Gasteiger partial charge in [-0.05, 0) is 0 Å². The van der Waals surface area contributed by atoms with Crippen molar-refractivity contribution in [3.05, 3.63) is 17.9 Å². The van der Waals surface area contributed by atoms with Crippen LogP contribution in [0.5, 0.6) is 0 Å². The Balaban J connectivity index is 2.78. The van der Waals surface area contributed by atoms with E-state index in [1.54, 1.807) is 0 Å². The summed E-state index contributed by atoms with van der Waals surface area (Å²) in [5.41, 5.74) is 0. The van der Waals surface area contributed by atoms with Gasteiger partial charge in [0.2, 0.25) is 0 Å². The SMILES string of the molecule is CCOC(C)c1cc[c]([Sn]([CH3])([CH3])[CH3])o1. The molecule has 80 valence electrons. The standard InChI is InChI=1S/C8H11O2.3CH3.Sn/c1-3-9-7(2)8-5-4-6-10-8;;;;/h4-5,7H,3H2,1-2H3;3*1H3;. The number of furan rings is 1. The van der Waals surface area contributed by atoms with E-state index in [2.05, 4.69) is 27.0 Å². The van der Waals surface area contributed by atoms with Crippen LogP contribution in [-0.2, 0) is 4.74 Å². The molecule has 0 bridgehead atoms. The Bertz CT molecular complexity index is 286. The summed E-state index contributed by atoms with van der Waals surface area (Å²) in [5.74, 6) is 0.966.